The Labute approximate surface area is 133 Å². The van der Waals surface area contributed by atoms with Gasteiger partial charge in [0.05, 0.1) is 0 Å². The second-order valence-corrected chi connectivity index (χ2v) is 6.18. The number of H-pyrrole nitrogens is 1. The van der Waals surface area contributed by atoms with E-state index < -0.39 is 0 Å². The third-order valence-corrected chi connectivity index (χ3v) is 4.45. The number of rotatable bonds is 5. The lowest BCUT2D eigenvalue weighted by Gasteiger charge is -2.07. The van der Waals surface area contributed by atoms with Gasteiger partial charge in [-0.2, -0.15) is 0 Å². The van der Waals surface area contributed by atoms with E-state index in [-0.39, 0.29) is 5.56 Å². The van der Waals surface area contributed by atoms with Gasteiger partial charge < -0.3 is 4.98 Å². The Hall–Kier alpha value is -2.07. The number of hydrogen-bond acceptors (Lipinski definition) is 3. The van der Waals surface area contributed by atoms with Crippen LogP contribution in [-0.4, -0.2) is 9.97 Å². The summed E-state index contributed by atoms with van der Waals surface area (Å²) in [6, 6.07) is 16.3. The smallest absolute Gasteiger partial charge is 0.251 e. The van der Waals surface area contributed by atoms with Gasteiger partial charge in [-0.15, -0.1) is 0 Å². The van der Waals surface area contributed by atoms with E-state index in [1.54, 1.807) is 17.8 Å². The molecular weight excluding hydrogens is 292 g/mol. The summed E-state index contributed by atoms with van der Waals surface area (Å²) in [6.07, 6.45) is 1.83. The minimum absolute atomic E-state index is 0.0705. The fraction of sp³-hybridized carbons (Fsp3) is 0.222. The van der Waals surface area contributed by atoms with Gasteiger partial charge in [0.2, 0.25) is 0 Å². The molecule has 0 fully saturated rings. The Morgan fingerprint density at radius 3 is 2.82 bits per heavy atom. The van der Waals surface area contributed by atoms with Crippen LogP contribution < -0.4 is 5.56 Å². The van der Waals surface area contributed by atoms with Crippen molar-refractivity contribution >= 4 is 22.5 Å². The van der Waals surface area contributed by atoms with Crippen LogP contribution in [0.5, 0.6) is 0 Å². The van der Waals surface area contributed by atoms with Gasteiger partial charge in [-0.05, 0) is 22.8 Å². The topological polar surface area (TPSA) is 45.8 Å². The quantitative estimate of drug-likeness (QED) is 0.568. The van der Waals surface area contributed by atoms with Crippen LogP contribution in [0.4, 0.5) is 0 Å². The number of nitrogens with zero attached hydrogens (tertiary/aromatic N) is 1. The van der Waals surface area contributed by atoms with Gasteiger partial charge >= 0.3 is 0 Å². The molecule has 1 heterocycles. The molecule has 22 heavy (non-hydrogen) atoms. The van der Waals surface area contributed by atoms with Gasteiger partial charge in [-0.1, -0.05) is 67.6 Å². The second-order valence-electron chi connectivity index (χ2n) is 5.22. The van der Waals surface area contributed by atoms with Gasteiger partial charge in [-0.25, -0.2) is 4.98 Å². The lowest BCUT2D eigenvalue weighted by atomic mass is 10.1. The second kappa shape index (κ2) is 6.79. The van der Waals surface area contributed by atoms with Crippen molar-refractivity contribution in [3.8, 4) is 0 Å². The molecule has 0 aliphatic carbocycles. The summed E-state index contributed by atoms with van der Waals surface area (Å²) in [5.41, 5.74) is 2.05. The molecule has 2 aromatic carbocycles. The number of aryl methyl sites for hydroxylation is 1. The Kier molecular flexibility index (Phi) is 4.59. The molecule has 0 saturated heterocycles. The third kappa shape index (κ3) is 3.39. The first-order valence-electron chi connectivity index (χ1n) is 7.46. The number of fused-ring (bicyclic) bond motifs is 1. The van der Waals surface area contributed by atoms with Crippen LogP contribution in [0, 0.1) is 0 Å². The van der Waals surface area contributed by atoms with Crippen molar-refractivity contribution in [2.75, 3.05) is 0 Å². The first-order chi connectivity index (χ1) is 10.8. The highest BCUT2D eigenvalue weighted by Crippen LogP contribution is 2.25. The van der Waals surface area contributed by atoms with Crippen LogP contribution in [0.3, 0.4) is 0 Å². The summed E-state index contributed by atoms with van der Waals surface area (Å²) in [4.78, 5) is 19.0. The van der Waals surface area contributed by atoms with Crippen LogP contribution in [-0.2, 0) is 12.2 Å². The summed E-state index contributed by atoms with van der Waals surface area (Å²) < 4.78 is 0. The maximum atomic E-state index is 11.7. The van der Waals surface area contributed by atoms with Crippen LogP contribution in [0.15, 0.2) is 58.5 Å². The molecule has 3 nitrogen and oxygen atoms in total. The first kappa shape index (κ1) is 14.9. The molecule has 0 spiro atoms. The molecule has 3 rings (SSSR count). The largest absolute Gasteiger partial charge is 0.301 e. The van der Waals surface area contributed by atoms with Crippen molar-refractivity contribution in [3.63, 3.8) is 0 Å². The van der Waals surface area contributed by atoms with E-state index >= 15 is 0 Å². The molecule has 0 unspecified atom stereocenters. The van der Waals surface area contributed by atoms with E-state index in [1.165, 1.54) is 16.3 Å². The third-order valence-electron chi connectivity index (χ3n) is 3.52. The molecular formula is C18H18N2OS. The van der Waals surface area contributed by atoms with E-state index in [9.17, 15) is 4.79 Å². The molecule has 0 aliphatic rings. The zero-order valence-corrected chi connectivity index (χ0v) is 13.3. The highest BCUT2D eigenvalue weighted by Gasteiger charge is 2.05. The van der Waals surface area contributed by atoms with Crippen LogP contribution >= 0.6 is 11.8 Å². The minimum atomic E-state index is -0.0705. The summed E-state index contributed by atoms with van der Waals surface area (Å²) in [7, 11) is 0. The summed E-state index contributed by atoms with van der Waals surface area (Å²) >= 11 is 1.58. The Bertz CT molecular complexity index is 836. The van der Waals surface area contributed by atoms with Crippen molar-refractivity contribution in [1.29, 1.82) is 0 Å². The van der Waals surface area contributed by atoms with E-state index in [0.717, 1.165) is 24.3 Å². The summed E-state index contributed by atoms with van der Waals surface area (Å²) in [6.45, 7) is 2.09. The van der Waals surface area contributed by atoms with Gasteiger partial charge in [-0.3, -0.25) is 4.79 Å². The van der Waals surface area contributed by atoms with E-state index in [0.29, 0.717) is 5.16 Å². The zero-order valence-electron chi connectivity index (χ0n) is 12.5. The number of nitrogens with one attached hydrogen (secondary N) is 1. The van der Waals surface area contributed by atoms with Gasteiger partial charge in [0.25, 0.3) is 5.56 Å². The van der Waals surface area contributed by atoms with Crippen LogP contribution in [0.25, 0.3) is 10.8 Å². The standard InChI is InChI=1S/C18H18N2OS/c1-2-6-15-11-17(21)20-18(19-15)22-12-14-9-5-8-13-7-3-4-10-16(13)14/h3-5,7-11H,2,6,12H2,1H3,(H,19,20,21). The number of benzene rings is 2. The maximum absolute atomic E-state index is 11.7. The molecule has 0 saturated carbocycles. The average Bonchev–Trinajstić information content (AvgIpc) is 2.53. The molecule has 0 amide bonds. The highest BCUT2D eigenvalue weighted by atomic mass is 32.2. The molecule has 0 radical (unpaired) electrons. The average molecular weight is 310 g/mol. The summed E-state index contributed by atoms with van der Waals surface area (Å²) in [5.74, 6) is 0.792. The fourth-order valence-corrected chi connectivity index (χ4v) is 3.40. The predicted molar refractivity (Wildman–Crippen MR) is 92.4 cm³/mol. The zero-order chi connectivity index (χ0) is 15.4. The number of aromatic amines is 1. The first-order valence-corrected chi connectivity index (χ1v) is 8.44. The number of hydrogen-bond donors (Lipinski definition) is 1. The van der Waals surface area contributed by atoms with E-state index in [2.05, 4.69) is 53.3 Å². The van der Waals surface area contributed by atoms with E-state index in [4.69, 9.17) is 0 Å². The lowest BCUT2D eigenvalue weighted by molar-refractivity contribution is 0.816. The maximum Gasteiger partial charge on any atom is 0.251 e. The lowest BCUT2D eigenvalue weighted by Crippen LogP contribution is -2.09. The van der Waals surface area contributed by atoms with Crippen molar-refractivity contribution in [2.24, 2.45) is 0 Å². The molecule has 1 N–H and O–H groups in total. The normalized spacial score (nSPS) is 11.0. The van der Waals surface area contributed by atoms with Crippen molar-refractivity contribution in [2.45, 2.75) is 30.7 Å². The predicted octanol–water partition coefficient (Wildman–Crippen LogP) is 4.17. The Balaban J connectivity index is 1.84. The molecule has 1 aromatic heterocycles. The van der Waals surface area contributed by atoms with Crippen molar-refractivity contribution in [1.82, 2.24) is 9.97 Å². The Morgan fingerprint density at radius 2 is 1.95 bits per heavy atom. The SMILES string of the molecule is CCCc1cc(=O)[nH]c(SCc2cccc3ccccc23)n1. The minimum Gasteiger partial charge on any atom is -0.301 e. The molecule has 3 aromatic rings. The van der Waals surface area contributed by atoms with Crippen LogP contribution in [0.1, 0.15) is 24.6 Å². The number of thioether (sulfide) groups is 1. The molecule has 0 atom stereocenters. The molecule has 0 bridgehead atoms. The van der Waals surface area contributed by atoms with Crippen LogP contribution in [0.2, 0.25) is 0 Å². The monoisotopic (exact) mass is 310 g/mol. The van der Waals surface area contributed by atoms with Crippen molar-refractivity contribution < 1.29 is 0 Å². The van der Waals surface area contributed by atoms with Crippen molar-refractivity contribution in [3.05, 3.63) is 70.1 Å². The van der Waals surface area contributed by atoms with Gasteiger partial charge in [0, 0.05) is 17.5 Å². The molecule has 112 valence electrons. The Morgan fingerprint density at radius 1 is 1.14 bits per heavy atom. The number of aromatic nitrogens is 2. The summed E-state index contributed by atoms with van der Waals surface area (Å²) in [5, 5.41) is 3.19. The fourth-order valence-electron chi connectivity index (χ4n) is 2.50. The van der Waals surface area contributed by atoms with Gasteiger partial charge in [0.15, 0.2) is 5.16 Å². The highest BCUT2D eigenvalue weighted by molar-refractivity contribution is 7.98. The molecule has 0 aliphatic heterocycles. The molecule has 4 heteroatoms. The van der Waals surface area contributed by atoms with Gasteiger partial charge in [0.1, 0.15) is 0 Å². The van der Waals surface area contributed by atoms with E-state index in [1.807, 2.05) is 6.07 Å².